The second-order valence-electron chi connectivity index (χ2n) is 6.63. The van der Waals surface area contributed by atoms with Crippen LogP contribution in [-0.4, -0.2) is 24.4 Å². The highest BCUT2D eigenvalue weighted by molar-refractivity contribution is 7.14. The van der Waals surface area contributed by atoms with Crippen molar-refractivity contribution in [2.75, 3.05) is 19.1 Å². The number of benzene rings is 2. The van der Waals surface area contributed by atoms with Crippen LogP contribution in [0.15, 0.2) is 68.2 Å². The number of nitrogens with one attached hydrogen (secondary N) is 1. The van der Waals surface area contributed by atoms with Crippen molar-refractivity contribution in [2.24, 2.45) is 5.10 Å². The lowest BCUT2D eigenvalue weighted by atomic mass is 10.1. The summed E-state index contributed by atoms with van der Waals surface area (Å²) in [6.07, 6.45) is 0. The van der Waals surface area contributed by atoms with Crippen LogP contribution in [0.3, 0.4) is 0 Å². The summed E-state index contributed by atoms with van der Waals surface area (Å²) in [6, 6.07) is 14.9. The third kappa shape index (κ3) is 4.44. The van der Waals surface area contributed by atoms with Gasteiger partial charge in [0.1, 0.15) is 5.75 Å². The lowest BCUT2D eigenvalue weighted by Gasteiger charge is -2.07. The van der Waals surface area contributed by atoms with Crippen LogP contribution in [0.4, 0.5) is 5.13 Å². The van der Waals surface area contributed by atoms with E-state index in [0.29, 0.717) is 34.3 Å². The minimum absolute atomic E-state index is 0.376. The van der Waals surface area contributed by atoms with Gasteiger partial charge in [0.05, 0.1) is 30.7 Å². The first kappa shape index (κ1) is 20.6. The van der Waals surface area contributed by atoms with Gasteiger partial charge in [-0.05, 0) is 50.2 Å². The Kier molecular flexibility index (Phi) is 5.99. The van der Waals surface area contributed by atoms with E-state index < -0.39 is 5.63 Å². The molecule has 7 nitrogen and oxygen atoms in total. The van der Waals surface area contributed by atoms with E-state index >= 15 is 0 Å². The summed E-state index contributed by atoms with van der Waals surface area (Å²) < 4.78 is 16.2. The Hall–Kier alpha value is -3.65. The summed E-state index contributed by atoms with van der Waals surface area (Å²) >= 11 is 1.43. The molecule has 158 valence electrons. The number of nitrogens with zero attached hydrogens (tertiary/aromatic N) is 2. The summed E-state index contributed by atoms with van der Waals surface area (Å²) in [5, 5.41) is 7.66. The Morgan fingerprint density at radius 2 is 2.03 bits per heavy atom. The second kappa shape index (κ2) is 9.01. The first-order valence-corrected chi connectivity index (χ1v) is 10.6. The van der Waals surface area contributed by atoms with Crippen LogP contribution >= 0.6 is 11.3 Å². The molecule has 0 bridgehead atoms. The van der Waals surface area contributed by atoms with Crippen molar-refractivity contribution < 1.29 is 13.9 Å². The zero-order chi connectivity index (χ0) is 21.8. The van der Waals surface area contributed by atoms with E-state index in [1.54, 1.807) is 26.2 Å². The average Bonchev–Trinajstić information content (AvgIpc) is 3.27. The molecule has 1 N–H and O–H groups in total. The number of hydrazone groups is 1. The molecule has 0 fully saturated rings. The Bertz CT molecular complexity index is 1290. The summed E-state index contributed by atoms with van der Waals surface area (Å²) in [4.78, 5) is 17.1. The SMILES string of the molecule is CCOc1cccc2cc(/C(C)=N/Nc3nc(-c4ccc(OC)cc4)cs3)c(=O)oc12. The van der Waals surface area contributed by atoms with Crippen molar-refractivity contribution in [1.82, 2.24) is 4.98 Å². The van der Waals surface area contributed by atoms with E-state index in [-0.39, 0.29) is 0 Å². The fraction of sp³-hybridized carbons (Fsp3) is 0.174. The molecule has 0 spiro atoms. The highest BCUT2D eigenvalue weighted by Crippen LogP contribution is 2.27. The monoisotopic (exact) mass is 435 g/mol. The van der Waals surface area contributed by atoms with Crippen molar-refractivity contribution >= 4 is 33.1 Å². The first-order chi connectivity index (χ1) is 15.1. The van der Waals surface area contributed by atoms with E-state index in [9.17, 15) is 4.79 Å². The summed E-state index contributed by atoms with van der Waals surface area (Å²) in [6.45, 7) is 4.11. The van der Waals surface area contributed by atoms with Gasteiger partial charge in [-0.1, -0.05) is 12.1 Å². The zero-order valence-electron chi connectivity index (χ0n) is 17.3. The van der Waals surface area contributed by atoms with Gasteiger partial charge in [-0.3, -0.25) is 5.43 Å². The summed E-state index contributed by atoms with van der Waals surface area (Å²) in [5.74, 6) is 1.34. The molecule has 31 heavy (non-hydrogen) atoms. The predicted octanol–water partition coefficient (Wildman–Crippen LogP) is 5.16. The molecule has 0 saturated carbocycles. The molecule has 0 atom stereocenters. The minimum Gasteiger partial charge on any atom is -0.497 e. The highest BCUT2D eigenvalue weighted by atomic mass is 32.1. The zero-order valence-corrected chi connectivity index (χ0v) is 18.2. The normalized spacial score (nSPS) is 11.5. The number of hydrogen-bond acceptors (Lipinski definition) is 8. The Morgan fingerprint density at radius 1 is 1.23 bits per heavy atom. The van der Waals surface area contributed by atoms with E-state index in [1.165, 1.54) is 11.3 Å². The smallest absolute Gasteiger partial charge is 0.345 e. The third-order valence-corrected chi connectivity index (χ3v) is 5.37. The van der Waals surface area contributed by atoms with Crippen LogP contribution < -0.4 is 20.5 Å². The Labute approximate surface area is 183 Å². The fourth-order valence-corrected chi connectivity index (χ4v) is 3.71. The Balaban J connectivity index is 1.56. The molecule has 2 aromatic heterocycles. The van der Waals surface area contributed by atoms with Gasteiger partial charge in [-0.25, -0.2) is 9.78 Å². The maximum atomic E-state index is 12.5. The number of rotatable bonds is 7. The molecule has 2 aromatic carbocycles. The van der Waals surface area contributed by atoms with Crippen molar-refractivity contribution in [3.8, 4) is 22.8 Å². The average molecular weight is 436 g/mol. The summed E-state index contributed by atoms with van der Waals surface area (Å²) in [7, 11) is 1.63. The quantitative estimate of drug-likeness (QED) is 0.245. The van der Waals surface area contributed by atoms with Gasteiger partial charge < -0.3 is 13.9 Å². The standard InChI is InChI=1S/C23H21N3O4S/c1-4-29-20-7-5-6-16-12-18(22(27)30-21(16)20)14(2)25-26-23-24-19(13-31-23)15-8-10-17(28-3)11-9-15/h5-13H,4H2,1-3H3,(H,24,26)/b25-14+. The molecule has 2 heterocycles. The molecule has 0 unspecified atom stereocenters. The number of aromatic nitrogens is 1. The molecule has 0 aliphatic carbocycles. The van der Waals surface area contributed by atoms with Gasteiger partial charge in [-0.15, -0.1) is 11.3 Å². The molecule has 0 aliphatic rings. The number of hydrogen-bond donors (Lipinski definition) is 1. The van der Waals surface area contributed by atoms with Gasteiger partial charge in [0, 0.05) is 16.3 Å². The van der Waals surface area contributed by atoms with Crippen molar-refractivity contribution in [3.63, 3.8) is 0 Å². The van der Waals surface area contributed by atoms with Gasteiger partial charge in [0.15, 0.2) is 11.3 Å². The fourth-order valence-electron chi connectivity index (χ4n) is 3.05. The molecule has 0 amide bonds. The first-order valence-electron chi connectivity index (χ1n) is 9.69. The summed E-state index contributed by atoms with van der Waals surface area (Å²) in [5.41, 5.74) is 5.57. The van der Waals surface area contributed by atoms with Gasteiger partial charge >= 0.3 is 5.63 Å². The van der Waals surface area contributed by atoms with E-state index in [4.69, 9.17) is 13.9 Å². The molecule has 4 aromatic rings. The molecule has 8 heteroatoms. The molecule has 4 rings (SSSR count). The van der Waals surface area contributed by atoms with Crippen LogP contribution in [0.1, 0.15) is 19.4 Å². The lowest BCUT2D eigenvalue weighted by molar-refractivity contribution is 0.337. The molecule has 0 aliphatic heterocycles. The van der Waals surface area contributed by atoms with E-state index in [0.717, 1.165) is 22.4 Å². The second-order valence-corrected chi connectivity index (χ2v) is 7.49. The predicted molar refractivity (Wildman–Crippen MR) is 124 cm³/mol. The van der Waals surface area contributed by atoms with E-state index in [1.807, 2.05) is 48.7 Å². The van der Waals surface area contributed by atoms with Gasteiger partial charge in [-0.2, -0.15) is 5.10 Å². The lowest BCUT2D eigenvalue weighted by Crippen LogP contribution is -2.13. The Morgan fingerprint density at radius 3 is 2.77 bits per heavy atom. The number of ether oxygens (including phenoxy) is 2. The van der Waals surface area contributed by atoms with Crippen molar-refractivity contribution in [1.29, 1.82) is 0 Å². The number of para-hydroxylation sites is 1. The van der Waals surface area contributed by atoms with Crippen molar-refractivity contribution in [3.05, 3.63) is 69.9 Å². The number of anilines is 1. The number of fused-ring (bicyclic) bond motifs is 1. The number of thiazole rings is 1. The molecular weight excluding hydrogens is 414 g/mol. The van der Waals surface area contributed by atoms with Crippen LogP contribution in [0.25, 0.3) is 22.2 Å². The van der Waals surface area contributed by atoms with Crippen LogP contribution in [0.2, 0.25) is 0 Å². The van der Waals surface area contributed by atoms with Gasteiger partial charge in [0.2, 0.25) is 5.13 Å². The van der Waals surface area contributed by atoms with Crippen molar-refractivity contribution in [2.45, 2.75) is 13.8 Å². The van der Waals surface area contributed by atoms with Crippen LogP contribution in [0.5, 0.6) is 11.5 Å². The number of methoxy groups -OCH3 is 1. The maximum Gasteiger partial charge on any atom is 0.345 e. The maximum absolute atomic E-state index is 12.5. The van der Waals surface area contributed by atoms with Crippen LogP contribution in [0, 0.1) is 0 Å². The van der Waals surface area contributed by atoms with E-state index in [2.05, 4.69) is 15.5 Å². The third-order valence-electron chi connectivity index (χ3n) is 4.62. The topological polar surface area (TPSA) is 86.0 Å². The minimum atomic E-state index is -0.472. The highest BCUT2D eigenvalue weighted by Gasteiger charge is 2.12. The molecule has 0 saturated heterocycles. The molecule has 0 radical (unpaired) electrons. The molecular formula is C23H21N3O4S. The largest absolute Gasteiger partial charge is 0.497 e. The van der Waals surface area contributed by atoms with Gasteiger partial charge in [0.25, 0.3) is 0 Å². The van der Waals surface area contributed by atoms with Crippen LogP contribution in [-0.2, 0) is 0 Å².